The van der Waals surface area contributed by atoms with Crippen molar-refractivity contribution in [1.29, 1.82) is 0 Å². The van der Waals surface area contributed by atoms with E-state index in [0.717, 1.165) is 28.6 Å². The standard InChI is InChI=1S/C12H7F2N5OS/c13-7-1-2-9(8(14)3-7)21-12-16-4-6-5-17-19(11(15)20)10(6)18-12/h1-5H,(H2,15,20). The van der Waals surface area contributed by atoms with Crippen LogP contribution >= 0.6 is 11.8 Å². The van der Waals surface area contributed by atoms with E-state index in [9.17, 15) is 13.6 Å². The van der Waals surface area contributed by atoms with Crippen molar-refractivity contribution in [2.24, 2.45) is 5.73 Å². The summed E-state index contributed by atoms with van der Waals surface area (Å²) >= 11 is 0.904. The summed E-state index contributed by atoms with van der Waals surface area (Å²) in [5.41, 5.74) is 5.38. The number of benzene rings is 1. The van der Waals surface area contributed by atoms with Crippen molar-refractivity contribution >= 4 is 28.8 Å². The van der Waals surface area contributed by atoms with Crippen LogP contribution < -0.4 is 5.73 Å². The van der Waals surface area contributed by atoms with Crippen LogP contribution in [0.15, 0.2) is 40.6 Å². The molecule has 6 nitrogen and oxygen atoms in total. The zero-order valence-electron chi connectivity index (χ0n) is 10.3. The fourth-order valence-corrected chi connectivity index (χ4v) is 2.40. The summed E-state index contributed by atoms with van der Waals surface area (Å²) in [7, 11) is 0. The highest BCUT2D eigenvalue weighted by molar-refractivity contribution is 7.99. The van der Waals surface area contributed by atoms with Gasteiger partial charge in [0.25, 0.3) is 0 Å². The average Bonchev–Trinajstić information content (AvgIpc) is 2.85. The van der Waals surface area contributed by atoms with Gasteiger partial charge in [0.2, 0.25) is 0 Å². The Hall–Kier alpha value is -2.55. The van der Waals surface area contributed by atoms with Crippen molar-refractivity contribution < 1.29 is 13.6 Å². The van der Waals surface area contributed by atoms with Crippen LogP contribution in [-0.4, -0.2) is 25.8 Å². The maximum Gasteiger partial charge on any atom is 0.341 e. The number of halogens is 2. The van der Waals surface area contributed by atoms with Crippen LogP contribution in [0, 0.1) is 11.6 Å². The van der Waals surface area contributed by atoms with Gasteiger partial charge in [-0.3, -0.25) is 0 Å². The van der Waals surface area contributed by atoms with Gasteiger partial charge in [-0.15, -0.1) is 0 Å². The van der Waals surface area contributed by atoms with E-state index in [-0.39, 0.29) is 15.7 Å². The number of nitrogens with two attached hydrogens (primary N) is 1. The molecule has 3 rings (SSSR count). The molecule has 1 aromatic carbocycles. The van der Waals surface area contributed by atoms with Crippen LogP contribution in [0.2, 0.25) is 0 Å². The second-order valence-electron chi connectivity index (χ2n) is 4.00. The van der Waals surface area contributed by atoms with Gasteiger partial charge in [0.05, 0.1) is 16.5 Å². The predicted molar refractivity (Wildman–Crippen MR) is 70.8 cm³/mol. The van der Waals surface area contributed by atoms with E-state index in [1.165, 1.54) is 18.5 Å². The van der Waals surface area contributed by atoms with Crippen molar-refractivity contribution in [2.45, 2.75) is 10.1 Å². The topological polar surface area (TPSA) is 86.7 Å². The normalized spacial score (nSPS) is 11.0. The molecule has 2 aromatic heterocycles. The molecule has 0 saturated carbocycles. The van der Waals surface area contributed by atoms with Crippen molar-refractivity contribution in [3.63, 3.8) is 0 Å². The van der Waals surface area contributed by atoms with Gasteiger partial charge in [0.1, 0.15) is 11.6 Å². The van der Waals surface area contributed by atoms with E-state index in [2.05, 4.69) is 15.1 Å². The van der Waals surface area contributed by atoms with E-state index in [0.29, 0.717) is 5.39 Å². The minimum Gasteiger partial charge on any atom is -0.350 e. The molecule has 9 heteroatoms. The van der Waals surface area contributed by atoms with E-state index < -0.39 is 17.7 Å². The number of hydrogen-bond donors (Lipinski definition) is 1. The van der Waals surface area contributed by atoms with Crippen molar-refractivity contribution in [3.05, 3.63) is 42.2 Å². The van der Waals surface area contributed by atoms with Gasteiger partial charge in [-0.1, -0.05) is 0 Å². The number of carbonyl (C=O) groups excluding carboxylic acids is 1. The van der Waals surface area contributed by atoms with Crippen molar-refractivity contribution in [1.82, 2.24) is 19.7 Å². The molecule has 2 N–H and O–H groups in total. The molecule has 0 aliphatic carbocycles. The average molecular weight is 307 g/mol. The summed E-state index contributed by atoms with van der Waals surface area (Å²) in [6, 6.07) is 2.41. The van der Waals surface area contributed by atoms with Gasteiger partial charge in [-0.2, -0.15) is 9.78 Å². The van der Waals surface area contributed by atoms with Gasteiger partial charge in [0.15, 0.2) is 10.8 Å². The van der Waals surface area contributed by atoms with Crippen LogP contribution in [0.4, 0.5) is 13.6 Å². The first-order chi connectivity index (χ1) is 10.0. The predicted octanol–water partition coefficient (Wildman–Crippen LogP) is 2.18. The second-order valence-corrected chi connectivity index (χ2v) is 5.01. The van der Waals surface area contributed by atoms with Crippen LogP contribution in [0.3, 0.4) is 0 Å². The fourth-order valence-electron chi connectivity index (χ4n) is 1.67. The monoisotopic (exact) mass is 307 g/mol. The van der Waals surface area contributed by atoms with Gasteiger partial charge in [-0.05, 0) is 23.9 Å². The molecule has 2 heterocycles. The number of carbonyl (C=O) groups is 1. The zero-order valence-corrected chi connectivity index (χ0v) is 11.1. The third-order valence-electron chi connectivity index (χ3n) is 2.59. The summed E-state index contributed by atoms with van der Waals surface area (Å²) in [6.45, 7) is 0. The largest absolute Gasteiger partial charge is 0.350 e. The maximum atomic E-state index is 13.6. The Morgan fingerprint density at radius 1 is 1.29 bits per heavy atom. The maximum absolute atomic E-state index is 13.6. The molecule has 3 aromatic rings. The Labute approximate surface area is 121 Å². The van der Waals surface area contributed by atoms with Crippen molar-refractivity contribution in [3.8, 4) is 0 Å². The van der Waals surface area contributed by atoms with E-state index in [1.54, 1.807) is 0 Å². The molecule has 0 unspecified atom stereocenters. The van der Waals surface area contributed by atoms with Gasteiger partial charge >= 0.3 is 6.03 Å². The molecule has 0 aliphatic rings. The third kappa shape index (κ3) is 2.55. The summed E-state index contributed by atoms with van der Waals surface area (Å²) in [4.78, 5) is 19.5. The van der Waals surface area contributed by atoms with Crippen LogP contribution in [-0.2, 0) is 0 Å². The first-order valence-corrected chi connectivity index (χ1v) is 6.50. The molecular formula is C12H7F2N5OS. The number of nitrogens with zero attached hydrogens (tertiary/aromatic N) is 4. The van der Waals surface area contributed by atoms with Crippen LogP contribution in [0.5, 0.6) is 0 Å². The molecule has 0 aliphatic heterocycles. The molecular weight excluding hydrogens is 300 g/mol. The molecule has 21 heavy (non-hydrogen) atoms. The molecule has 106 valence electrons. The minimum atomic E-state index is -0.785. The quantitative estimate of drug-likeness (QED) is 0.733. The summed E-state index contributed by atoms with van der Waals surface area (Å²) < 4.78 is 27.4. The zero-order chi connectivity index (χ0) is 15.0. The lowest BCUT2D eigenvalue weighted by molar-refractivity contribution is 0.248. The molecule has 0 radical (unpaired) electrons. The van der Waals surface area contributed by atoms with Crippen molar-refractivity contribution in [2.75, 3.05) is 0 Å². The Bertz CT molecular complexity index is 851. The number of aromatic nitrogens is 4. The number of primary amides is 1. The molecule has 0 bridgehead atoms. The number of rotatable bonds is 2. The summed E-state index contributed by atoms with van der Waals surface area (Å²) in [5, 5.41) is 4.50. The summed E-state index contributed by atoms with van der Waals surface area (Å²) in [5.74, 6) is -1.38. The van der Waals surface area contributed by atoms with Crippen LogP contribution in [0.1, 0.15) is 0 Å². The lowest BCUT2D eigenvalue weighted by atomic mass is 10.3. The van der Waals surface area contributed by atoms with E-state index in [4.69, 9.17) is 5.73 Å². The lowest BCUT2D eigenvalue weighted by Gasteiger charge is -2.02. The molecule has 0 fully saturated rings. The van der Waals surface area contributed by atoms with Gasteiger partial charge < -0.3 is 5.73 Å². The Morgan fingerprint density at radius 3 is 2.81 bits per heavy atom. The molecule has 0 saturated heterocycles. The minimum absolute atomic E-state index is 0.167. The third-order valence-corrected chi connectivity index (χ3v) is 3.52. The lowest BCUT2D eigenvalue weighted by Crippen LogP contribution is -2.21. The highest BCUT2D eigenvalue weighted by atomic mass is 32.2. The van der Waals surface area contributed by atoms with Gasteiger partial charge in [-0.25, -0.2) is 23.5 Å². The van der Waals surface area contributed by atoms with Gasteiger partial charge in [0, 0.05) is 12.3 Å². The molecule has 0 atom stereocenters. The fraction of sp³-hybridized carbons (Fsp3) is 0. The van der Waals surface area contributed by atoms with E-state index >= 15 is 0 Å². The highest BCUT2D eigenvalue weighted by Crippen LogP contribution is 2.28. The SMILES string of the molecule is NC(=O)n1ncc2cnc(Sc3ccc(F)cc3F)nc21. The molecule has 0 spiro atoms. The number of amides is 1. The Morgan fingerprint density at radius 2 is 2.10 bits per heavy atom. The number of hydrogen-bond acceptors (Lipinski definition) is 5. The first kappa shape index (κ1) is 13.4. The highest BCUT2D eigenvalue weighted by Gasteiger charge is 2.12. The van der Waals surface area contributed by atoms with Crippen LogP contribution in [0.25, 0.3) is 11.0 Å². The number of fused-ring (bicyclic) bond motifs is 1. The first-order valence-electron chi connectivity index (χ1n) is 5.68. The summed E-state index contributed by atoms with van der Waals surface area (Å²) in [6.07, 6.45) is 2.84. The Kier molecular flexibility index (Phi) is 3.26. The Balaban J connectivity index is 2.00. The smallest absolute Gasteiger partial charge is 0.341 e. The van der Waals surface area contributed by atoms with E-state index in [1.807, 2.05) is 0 Å². The molecule has 1 amide bonds. The second kappa shape index (κ2) is 5.09.